The van der Waals surface area contributed by atoms with Gasteiger partial charge in [0, 0.05) is 14.7 Å². The molecule has 0 saturated heterocycles. The van der Waals surface area contributed by atoms with Crippen LogP contribution in [0.4, 0.5) is 10.7 Å². The first kappa shape index (κ1) is 15.1. The van der Waals surface area contributed by atoms with Gasteiger partial charge in [-0.25, -0.2) is 14.8 Å². The molecule has 3 aromatic rings. The number of benzene rings is 1. The van der Waals surface area contributed by atoms with Gasteiger partial charge in [0.1, 0.15) is 5.03 Å². The van der Waals surface area contributed by atoms with E-state index in [0.29, 0.717) is 5.95 Å². The summed E-state index contributed by atoms with van der Waals surface area (Å²) in [6.45, 7) is 0. The van der Waals surface area contributed by atoms with Gasteiger partial charge in [0.05, 0.1) is 18.1 Å². The van der Waals surface area contributed by atoms with Crippen molar-refractivity contribution in [2.45, 2.75) is 9.92 Å². The molecule has 112 valence electrons. The van der Waals surface area contributed by atoms with Crippen LogP contribution in [0.3, 0.4) is 0 Å². The molecule has 0 spiro atoms. The Kier molecular flexibility index (Phi) is 4.48. The van der Waals surface area contributed by atoms with Crippen LogP contribution in [0.15, 0.2) is 46.5 Å². The number of anilines is 1. The average Bonchev–Trinajstić information content (AvgIpc) is 2.91. The van der Waals surface area contributed by atoms with E-state index in [2.05, 4.69) is 47.6 Å². The molecule has 8 heteroatoms. The van der Waals surface area contributed by atoms with E-state index in [1.165, 1.54) is 7.11 Å². The fraction of sp³-hybridized carbons (Fsp3) is 0.0714. The van der Waals surface area contributed by atoms with Gasteiger partial charge >= 0.3 is 6.09 Å². The van der Waals surface area contributed by atoms with E-state index in [0.717, 1.165) is 24.5 Å². The summed E-state index contributed by atoms with van der Waals surface area (Å²) in [6, 6.07) is 9.83. The molecule has 0 aliphatic rings. The Morgan fingerprint density at radius 2 is 2.23 bits per heavy atom. The normalized spacial score (nSPS) is 10.6. The zero-order valence-corrected chi connectivity index (χ0v) is 14.4. The van der Waals surface area contributed by atoms with E-state index in [9.17, 15) is 4.79 Å². The van der Waals surface area contributed by atoms with Crippen molar-refractivity contribution in [3.63, 3.8) is 0 Å². The molecule has 0 aliphatic carbocycles. The summed E-state index contributed by atoms with van der Waals surface area (Å²) < 4.78 is 5.64. The maximum absolute atomic E-state index is 11.2. The summed E-state index contributed by atoms with van der Waals surface area (Å²) >= 11 is 3.78. The van der Waals surface area contributed by atoms with Crippen molar-refractivity contribution in [3.8, 4) is 0 Å². The summed E-state index contributed by atoms with van der Waals surface area (Å²) in [7, 11) is 1.31. The summed E-state index contributed by atoms with van der Waals surface area (Å²) in [4.78, 5) is 23.9. The molecule has 2 aromatic heterocycles. The summed E-state index contributed by atoms with van der Waals surface area (Å²) in [5.41, 5.74) is 1.60. The van der Waals surface area contributed by atoms with Crippen molar-refractivity contribution in [3.05, 3.63) is 40.1 Å². The van der Waals surface area contributed by atoms with Gasteiger partial charge in [-0.3, -0.25) is 5.32 Å². The number of hydrogen-bond acceptors (Lipinski definition) is 5. The van der Waals surface area contributed by atoms with Crippen LogP contribution < -0.4 is 5.32 Å². The molecule has 0 atom stereocenters. The third-order valence-electron chi connectivity index (χ3n) is 2.78. The number of imidazole rings is 1. The summed E-state index contributed by atoms with van der Waals surface area (Å²) in [5.74, 6) is 0.358. The van der Waals surface area contributed by atoms with Crippen LogP contribution in [0.25, 0.3) is 11.0 Å². The van der Waals surface area contributed by atoms with Crippen LogP contribution >= 0.6 is 34.4 Å². The number of methoxy groups -OCH3 is 1. The molecule has 2 N–H and O–H groups in total. The van der Waals surface area contributed by atoms with Crippen LogP contribution in [-0.4, -0.2) is 28.2 Å². The molecule has 0 radical (unpaired) electrons. The predicted molar refractivity (Wildman–Crippen MR) is 93.2 cm³/mol. The van der Waals surface area contributed by atoms with E-state index in [-0.39, 0.29) is 0 Å². The van der Waals surface area contributed by atoms with E-state index in [1.807, 2.05) is 36.5 Å². The van der Waals surface area contributed by atoms with Gasteiger partial charge in [0.15, 0.2) is 0 Å². The molecule has 0 fully saturated rings. The van der Waals surface area contributed by atoms with Gasteiger partial charge in [-0.05, 0) is 52.9 Å². The Morgan fingerprint density at radius 3 is 2.95 bits per heavy atom. The van der Waals surface area contributed by atoms with Crippen molar-refractivity contribution in [1.29, 1.82) is 0 Å². The van der Waals surface area contributed by atoms with E-state index >= 15 is 0 Å². The SMILES string of the molecule is COC(=O)Nc1nc2cc(Sc3ccc(I)cn3)ccc2[nH]1. The first-order chi connectivity index (χ1) is 10.6. The summed E-state index contributed by atoms with van der Waals surface area (Å²) in [6.07, 6.45) is 1.27. The van der Waals surface area contributed by atoms with Gasteiger partial charge in [-0.1, -0.05) is 11.8 Å². The number of amides is 1. The average molecular weight is 426 g/mol. The second-order valence-electron chi connectivity index (χ2n) is 4.30. The number of carbonyl (C=O) groups excluding carboxylic acids is 1. The van der Waals surface area contributed by atoms with Gasteiger partial charge in [0.25, 0.3) is 0 Å². The zero-order chi connectivity index (χ0) is 15.5. The highest BCUT2D eigenvalue weighted by Crippen LogP contribution is 2.28. The molecular weight excluding hydrogens is 415 g/mol. The van der Waals surface area contributed by atoms with Crippen LogP contribution in [-0.2, 0) is 4.74 Å². The second-order valence-corrected chi connectivity index (χ2v) is 6.64. The van der Waals surface area contributed by atoms with Gasteiger partial charge in [-0.2, -0.15) is 0 Å². The Hall–Kier alpha value is -1.81. The molecule has 22 heavy (non-hydrogen) atoms. The van der Waals surface area contributed by atoms with Crippen molar-refractivity contribution in [2.24, 2.45) is 0 Å². The molecule has 2 heterocycles. The van der Waals surface area contributed by atoms with Crippen LogP contribution in [0.1, 0.15) is 0 Å². The minimum Gasteiger partial charge on any atom is -0.453 e. The number of aromatic amines is 1. The second kappa shape index (κ2) is 6.53. The van der Waals surface area contributed by atoms with Crippen molar-refractivity contribution in [1.82, 2.24) is 15.0 Å². The van der Waals surface area contributed by atoms with Crippen LogP contribution in [0, 0.1) is 3.57 Å². The quantitative estimate of drug-likeness (QED) is 0.622. The molecule has 1 amide bonds. The molecule has 6 nitrogen and oxygen atoms in total. The number of carbonyl (C=O) groups is 1. The number of aromatic nitrogens is 3. The third-order valence-corrected chi connectivity index (χ3v) is 4.36. The zero-order valence-electron chi connectivity index (χ0n) is 11.5. The minimum absolute atomic E-state index is 0.358. The largest absolute Gasteiger partial charge is 0.453 e. The number of H-pyrrole nitrogens is 1. The van der Waals surface area contributed by atoms with Crippen molar-refractivity contribution < 1.29 is 9.53 Å². The van der Waals surface area contributed by atoms with E-state index in [1.54, 1.807) is 11.8 Å². The Bertz CT molecular complexity index is 819. The standard InChI is InChI=1S/C14H11IN4O2S/c1-21-14(20)19-13-17-10-4-3-9(6-11(10)18-13)22-12-5-2-8(15)7-16-12/h2-7H,1H3,(H2,17,18,19,20). The van der Waals surface area contributed by atoms with E-state index < -0.39 is 6.09 Å². The highest BCUT2D eigenvalue weighted by molar-refractivity contribution is 14.1. The smallest absolute Gasteiger partial charge is 0.413 e. The van der Waals surface area contributed by atoms with E-state index in [4.69, 9.17) is 0 Å². The molecule has 1 aromatic carbocycles. The molecule has 0 unspecified atom stereocenters. The minimum atomic E-state index is -0.559. The number of pyridine rings is 1. The lowest BCUT2D eigenvalue weighted by Gasteiger charge is -2.00. The molecule has 0 aliphatic heterocycles. The number of hydrogen-bond donors (Lipinski definition) is 2. The van der Waals surface area contributed by atoms with Gasteiger partial charge < -0.3 is 9.72 Å². The van der Waals surface area contributed by atoms with Crippen LogP contribution in [0.2, 0.25) is 0 Å². The fourth-order valence-corrected chi connectivity index (χ4v) is 2.91. The van der Waals surface area contributed by atoms with Gasteiger partial charge in [0.2, 0.25) is 5.95 Å². The third kappa shape index (κ3) is 3.50. The number of ether oxygens (including phenoxy) is 1. The summed E-state index contributed by atoms with van der Waals surface area (Å²) in [5, 5.41) is 3.43. The first-order valence-corrected chi connectivity index (χ1v) is 8.18. The number of nitrogens with zero attached hydrogens (tertiary/aromatic N) is 2. The monoisotopic (exact) mass is 426 g/mol. The number of fused-ring (bicyclic) bond motifs is 1. The molecule has 3 rings (SSSR count). The lowest BCUT2D eigenvalue weighted by atomic mass is 10.3. The highest BCUT2D eigenvalue weighted by Gasteiger charge is 2.08. The topological polar surface area (TPSA) is 79.9 Å². The number of rotatable bonds is 3. The maximum Gasteiger partial charge on any atom is 0.413 e. The number of halogens is 1. The Balaban J connectivity index is 1.83. The fourth-order valence-electron chi connectivity index (χ4n) is 1.80. The highest BCUT2D eigenvalue weighted by atomic mass is 127. The molecule has 0 bridgehead atoms. The lowest BCUT2D eigenvalue weighted by Crippen LogP contribution is -2.11. The Morgan fingerprint density at radius 1 is 1.36 bits per heavy atom. The van der Waals surface area contributed by atoms with Crippen LogP contribution in [0.5, 0.6) is 0 Å². The molecule has 0 saturated carbocycles. The lowest BCUT2D eigenvalue weighted by molar-refractivity contribution is 0.186. The number of nitrogens with one attached hydrogen (secondary N) is 2. The van der Waals surface area contributed by atoms with Crippen molar-refractivity contribution in [2.75, 3.05) is 12.4 Å². The van der Waals surface area contributed by atoms with Gasteiger partial charge in [-0.15, -0.1) is 0 Å². The Labute approximate surface area is 144 Å². The molecular formula is C14H11IN4O2S. The maximum atomic E-state index is 11.2. The first-order valence-electron chi connectivity index (χ1n) is 6.28. The van der Waals surface area contributed by atoms with Crippen molar-refractivity contribution >= 4 is 57.4 Å². The predicted octanol–water partition coefficient (Wildman–Crippen LogP) is 3.89.